The van der Waals surface area contributed by atoms with Crippen molar-refractivity contribution in [3.63, 3.8) is 0 Å². The van der Waals surface area contributed by atoms with Gasteiger partial charge in [-0.2, -0.15) is 11.8 Å². The molecule has 0 saturated heterocycles. The lowest BCUT2D eigenvalue weighted by atomic mass is 10.2. The van der Waals surface area contributed by atoms with E-state index < -0.39 is 0 Å². The summed E-state index contributed by atoms with van der Waals surface area (Å²) in [5.74, 6) is 0.798. The van der Waals surface area contributed by atoms with E-state index in [-0.39, 0.29) is 5.25 Å². The highest BCUT2D eigenvalue weighted by atomic mass is 32.2. The molecule has 0 aromatic carbocycles. The number of nitrogens with zero attached hydrogens (tertiary/aromatic N) is 2. The quantitative estimate of drug-likeness (QED) is 0.730. The average Bonchev–Trinajstić information content (AvgIpc) is 2.32. The second-order valence-corrected chi connectivity index (χ2v) is 4.05. The third-order valence-corrected chi connectivity index (χ3v) is 2.99. The van der Waals surface area contributed by atoms with Gasteiger partial charge in [0.2, 0.25) is 0 Å². The van der Waals surface area contributed by atoms with Crippen LogP contribution in [-0.2, 0) is 9.53 Å². The second kappa shape index (κ2) is 7.05. The van der Waals surface area contributed by atoms with Crippen molar-refractivity contribution in [1.29, 1.82) is 0 Å². The first-order chi connectivity index (χ1) is 7.83. The molecule has 0 spiro atoms. The fourth-order valence-corrected chi connectivity index (χ4v) is 1.94. The normalized spacial score (nSPS) is 11.9. The molecule has 1 N–H and O–H groups in total. The third-order valence-electron chi connectivity index (χ3n) is 2.03. The van der Waals surface area contributed by atoms with E-state index in [1.54, 1.807) is 18.0 Å². The van der Waals surface area contributed by atoms with E-state index in [4.69, 9.17) is 4.74 Å². The van der Waals surface area contributed by atoms with E-state index in [1.165, 1.54) is 6.33 Å². The molecule has 1 unspecified atom stereocenters. The molecule has 0 aliphatic rings. The summed E-state index contributed by atoms with van der Waals surface area (Å²) in [5.41, 5.74) is 0.957. The molecule has 1 aromatic rings. The van der Waals surface area contributed by atoms with E-state index >= 15 is 0 Å². The van der Waals surface area contributed by atoms with Gasteiger partial charge in [-0.1, -0.05) is 0 Å². The van der Waals surface area contributed by atoms with E-state index in [0.29, 0.717) is 13.1 Å². The van der Waals surface area contributed by atoms with Gasteiger partial charge in [0, 0.05) is 18.3 Å². The Morgan fingerprint density at radius 1 is 1.69 bits per heavy atom. The molecule has 0 aliphatic carbocycles. The van der Waals surface area contributed by atoms with Gasteiger partial charge in [-0.05, 0) is 13.2 Å². The maximum Gasteiger partial charge on any atom is 0.293 e. The van der Waals surface area contributed by atoms with Crippen molar-refractivity contribution in [3.05, 3.63) is 18.1 Å². The van der Waals surface area contributed by atoms with Gasteiger partial charge in [0.25, 0.3) is 6.47 Å². The number of rotatable bonds is 7. The van der Waals surface area contributed by atoms with Crippen molar-refractivity contribution in [2.75, 3.05) is 24.7 Å². The molecule has 0 aliphatic heterocycles. The first kappa shape index (κ1) is 12.8. The van der Waals surface area contributed by atoms with E-state index in [0.717, 1.165) is 17.9 Å². The first-order valence-corrected chi connectivity index (χ1v) is 6.24. The van der Waals surface area contributed by atoms with Gasteiger partial charge in [-0.25, -0.2) is 9.97 Å². The highest BCUT2D eigenvalue weighted by Crippen LogP contribution is 2.30. The monoisotopic (exact) mass is 241 g/mol. The summed E-state index contributed by atoms with van der Waals surface area (Å²) < 4.78 is 4.79. The van der Waals surface area contributed by atoms with Crippen LogP contribution in [-0.4, -0.2) is 35.8 Å². The van der Waals surface area contributed by atoms with Gasteiger partial charge in [-0.3, -0.25) is 4.79 Å². The smallest absolute Gasteiger partial charge is 0.293 e. The van der Waals surface area contributed by atoms with Crippen molar-refractivity contribution in [2.24, 2.45) is 0 Å². The lowest BCUT2D eigenvalue weighted by molar-refractivity contribution is -0.128. The number of carbonyl (C=O) groups is 1. The van der Waals surface area contributed by atoms with Gasteiger partial charge in [0.05, 0.1) is 5.25 Å². The molecule has 6 heteroatoms. The van der Waals surface area contributed by atoms with Crippen molar-refractivity contribution < 1.29 is 9.53 Å². The Morgan fingerprint density at radius 2 is 2.50 bits per heavy atom. The topological polar surface area (TPSA) is 64.1 Å². The van der Waals surface area contributed by atoms with Gasteiger partial charge >= 0.3 is 0 Å². The third kappa shape index (κ3) is 3.37. The Bertz CT molecular complexity index is 336. The number of hydrogen-bond acceptors (Lipinski definition) is 6. The molecule has 1 aromatic heterocycles. The summed E-state index contributed by atoms with van der Waals surface area (Å²) in [6.07, 6.45) is 5.21. The number of anilines is 1. The Morgan fingerprint density at radius 3 is 3.12 bits per heavy atom. The fraction of sp³-hybridized carbons (Fsp3) is 0.500. The van der Waals surface area contributed by atoms with Crippen molar-refractivity contribution >= 4 is 24.1 Å². The summed E-state index contributed by atoms with van der Waals surface area (Å²) in [6, 6.07) is 0. The van der Waals surface area contributed by atoms with Crippen molar-refractivity contribution in [1.82, 2.24) is 9.97 Å². The van der Waals surface area contributed by atoms with Gasteiger partial charge < -0.3 is 10.1 Å². The van der Waals surface area contributed by atoms with Crippen LogP contribution in [0.5, 0.6) is 0 Å². The maximum absolute atomic E-state index is 10.2. The standard InChI is InChI=1S/C10H15N3O2S/c1-3-12-10-8(4-11-6-13-10)9(16-2)5-15-7-14/h4,6-7,9H,3,5H2,1-2H3,(H,11,12,13). The maximum atomic E-state index is 10.2. The highest BCUT2D eigenvalue weighted by Gasteiger charge is 2.15. The summed E-state index contributed by atoms with van der Waals surface area (Å²) >= 11 is 1.60. The number of thioether (sulfide) groups is 1. The zero-order chi connectivity index (χ0) is 11.8. The van der Waals surface area contributed by atoms with Crippen LogP contribution in [0.25, 0.3) is 0 Å². The Labute approximate surface area is 99.0 Å². The predicted molar refractivity (Wildman–Crippen MR) is 64.5 cm³/mol. The van der Waals surface area contributed by atoms with Crippen LogP contribution in [0, 0.1) is 0 Å². The van der Waals surface area contributed by atoms with Crippen molar-refractivity contribution in [2.45, 2.75) is 12.2 Å². The Hall–Kier alpha value is -1.30. The molecule has 88 valence electrons. The number of hydrogen-bond donors (Lipinski definition) is 1. The minimum absolute atomic E-state index is 0.0560. The number of nitrogens with one attached hydrogen (secondary N) is 1. The fourth-order valence-electron chi connectivity index (χ4n) is 1.30. The molecule has 0 radical (unpaired) electrons. The van der Waals surface area contributed by atoms with E-state index in [2.05, 4.69) is 15.3 Å². The molecule has 0 fully saturated rings. The lowest BCUT2D eigenvalue weighted by Crippen LogP contribution is -2.10. The van der Waals surface area contributed by atoms with E-state index in [9.17, 15) is 4.79 Å². The molecule has 16 heavy (non-hydrogen) atoms. The Kier molecular flexibility index (Phi) is 5.63. The lowest BCUT2D eigenvalue weighted by Gasteiger charge is -2.16. The molecular weight excluding hydrogens is 226 g/mol. The highest BCUT2D eigenvalue weighted by molar-refractivity contribution is 7.98. The van der Waals surface area contributed by atoms with Crippen LogP contribution < -0.4 is 5.32 Å². The molecule has 1 heterocycles. The minimum atomic E-state index is 0.0560. The van der Waals surface area contributed by atoms with Crippen LogP contribution >= 0.6 is 11.8 Å². The zero-order valence-corrected chi connectivity index (χ0v) is 10.2. The summed E-state index contributed by atoms with van der Waals surface area (Å²) in [5, 5.41) is 3.21. The van der Waals surface area contributed by atoms with Gasteiger partial charge in [0.15, 0.2) is 0 Å². The molecule has 0 amide bonds. The SMILES string of the molecule is CCNc1ncncc1C(COC=O)SC. The van der Waals surface area contributed by atoms with Crippen LogP contribution in [0.15, 0.2) is 12.5 Å². The van der Waals surface area contributed by atoms with Crippen LogP contribution in [0.4, 0.5) is 5.82 Å². The summed E-state index contributed by atoms with van der Waals surface area (Å²) in [6.45, 7) is 3.58. The van der Waals surface area contributed by atoms with Gasteiger partial charge in [0.1, 0.15) is 18.8 Å². The zero-order valence-electron chi connectivity index (χ0n) is 9.34. The molecular formula is C10H15N3O2S. The number of aromatic nitrogens is 2. The molecule has 5 nitrogen and oxygen atoms in total. The Balaban J connectivity index is 2.84. The number of ether oxygens (including phenoxy) is 1. The molecule has 0 bridgehead atoms. The van der Waals surface area contributed by atoms with Crippen molar-refractivity contribution in [3.8, 4) is 0 Å². The van der Waals surface area contributed by atoms with Crippen LogP contribution in [0.3, 0.4) is 0 Å². The van der Waals surface area contributed by atoms with E-state index in [1.807, 2.05) is 13.2 Å². The summed E-state index contributed by atoms with van der Waals surface area (Å²) in [4.78, 5) is 18.4. The molecule has 0 saturated carbocycles. The van der Waals surface area contributed by atoms with Crippen LogP contribution in [0.2, 0.25) is 0 Å². The largest absolute Gasteiger partial charge is 0.466 e. The molecule has 1 atom stereocenters. The second-order valence-electron chi connectivity index (χ2n) is 3.01. The van der Waals surface area contributed by atoms with Gasteiger partial charge in [-0.15, -0.1) is 0 Å². The number of carbonyl (C=O) groups excluding carboxylic acids is 1. The molecule has 1 rings (SSSR count). The van der Waals surface area contributed by atoms with Crippen LogP contribution in [0.1, 0.15) is 17.7 Å². The average molecular weight is 241 g/mol. The predicted octanol–water partition coefficient (Wildman–Crippen LogP) is 1.49. The summed E-state index contributed by atoms with van der Waals surface area (Å²) in [7, 11) is 0. The minimum Gasteiger partial charge on any atom is -0.466 e. The first-order valence-electron chi connectivity index (χ1n) is 4.95.